The highest BCUT2D eigenvalue weighted by atomic mass is 32.2. The van der Waals surface area contributed by atoms with Gasteiger partial charge in [-0.2, -0.15) is 0 Å². The third kappa shape index (κ3) is 4.56. The van der Waals surface area contributed by atoms with Crippen molar-refractivity contribution in [1.29, 1.82) is 0 Å². The molecule has 1 fully saturated rings. The van der Waals surface area contributed by atoms with Gasteiger partial charge in [-0.25, -0.2) is 8.42 Å². The molecule has 0 saturated carbocycles. The van der Waals surface area contributed by atoms with Crippen LogP contribution in [0.5, 0.6) is 11.5 Å². The summed E-state index contributed by atoms with van der Waals surface area (Å²) in [6.45, 7) is 1.97. The minimum atomic E-state index is -3.10. The summed E-state index contributed by atoms with van der Waals surface area (Å²) in [6, 6.07) is 12.8. The summed E-state index contributed by atoms with van der Waals surface area (Å²) in [5, 5.41) is 0. The summed E-state index contributed by atoms with van der Waals surface area (Å²) in [5.74, 6) is 1.43. The van der Waals surface area contributed by atoms with Gasteiger partial charge in [0.25, 0.3) is 5.91 Å². The molecule has 1 saturated heterocycles. The van der Waals surface area contributed by atoms with Crippen molar-refractivity contribution in [3.63, 3.8) is 0 Å². The van der Waals surface area contributed by atoms with Crippen LogP contribution < -0.4 is 9.47 Å². The Morgan fingerprint density at radius 2 is 1.76 bits per heavy atom. The van der Waals surface area contributed by atoms with Gasteiger partial charge in [-0.1, -0.05) is 18.2 Å². The van der Waals surface area contributed by atoms with Gasteiger partial charge in [0.15, 0.2) is 21.3 Å². The van der Waals surface area contributed by atoms with E-state index in [-0.39, 0.29) is 17.7 Å². The van der Waals surface area contributed by atoms with E-state index in [1.807, 2.05) is 23.1 Å². The molecule has 0 N–H and O–H groups in total. The number of sulfone groups is 1. The van der Waals surface area contributed by atoms with Gasteiger partial charge in [-0.3, -0.25) is 4.79 Å². The number of amides is 1. The van der Waals surface area contributed by atoms with Gasteiger partial charge in [0.1, 0.15) is 0 Å². The Bertz CT molecular complexity index is 1000. The lowest BCUT2D eigenvalue weighted by atomic mass is 10.0. The zero-order valence-corrected chi connectivity index (χ0v) is 17.3. The van der Waals surface area contributed by atoms with Crippen LogP contribution in [0.15, 0.2) is 42.5 Å². The minimum Gasteiger partial charge on any atom is -0.490 e. The van der Waals surface area contributed by atoms with Crippen LogP contribution in [0.1, 0.15) is 46.8 Å². The van der Waals surface area contributed by atoms with E-state index < -0.39 is 9.84 Å². The van der Waals surface area contributed by atoms with E-state index in [9.17, 15) is 13.2 Å². The SMILES string of the molecule is CS(=O)(=O)Cc1ccc(C(=O)N2CCCC2c2ccc3c(c2)OCCCO3)cc1. The molecule has 2 aliphatic rings. The largest absolute Gasteiger partial charge is 0.490 e. The molecular weight excluding hydrogens is 390 g/mol. The predicted octanol–water partition coefficient (Wildman–Crippen LogP) is 3.37. The lowest BCUT2D eigenvalue weighted by molar-refractivity contribution is 0.0735. The Hall–Kier alpha value is -2.54. The van der Waals surface area contributed by atoms with Crippen molar-refractivity contribution in [2.75, 3.05) is 26.0 Å². The molecular formula is C22H25NO5S. The Labute approximate surface area is 171 Å². The third-order valence-corrected chi connectivity index (χ3v) is 6.16. The molecule has 1 unspecified atom stereocenters. The van der Waals surface area contributed by atoms with Crippen molar-refractivity contribution in [3.8, 4) is 11.5 Å². The van der Waals surface area contributed by atoms with Gasteiger partial charge in [-0.15, -0.1) is 0 Å². The average Bonchev–Trinajstić information content (AvgIpc) is 3.05. The normalized spacial score (nSPS) is 19.1. The first-order chi connectivity index (χ1) is 13.9. The first-order valence-corrected chi connectivity index (χ1v) is 11.9. The van der Waals surface area contributed by atoms with Crippen LogP contribution in [0.25, 0.3) is 0 Å². The molecule has 2 aromatic carbocycles. The molecule has 154 valence electrons. The van der Waals surface area contributed by atoms with Crippen LogP contribution in [-0.2, 0) is 15.6 Å². The Balaban J connectivity index is 1.54. The number of carbonyl (C=O) groups is 1. The maximum atomic E-state index is 13.1. The number of benzene rings is 2. The Kier molecular flexibility index (Phi) is 5.50. The summed E-state index contributed by atoms with van der Waals surface area (Å²) in [6.07, 6.45) is 3.90. The number of hydrogen-bond acceptors (Lipinski definition) is 5. The zero-order valence-electron chi connectivity index (χ0n) is 16.5. The number of carbonyl (C=O) groups excluding carboxylic acids is 1. The van der Waals surface area contributed by atoms with Gasteiger partial charge in [-0.05, 0) is 48.2 Å². The number of fused-ring (bicyclic) bond motifs is 1. The van der Waals surface area contributed by atoms with Crippen molar-refractivity contribution in [3.05, 3.63) is 59.2 Å². The number of rotatable bonds is 4. The average molecular weight is 416 g/mol. The van der Waals surface area contributed by atoms with Crippen LogP contribution in [0.4, 0.5) is 0 Å². The van der Waals surface area contributed by atoms with Gasteiger partial charge in [0.2, 0.25) is 0 Å². The summed E-state index contributed by atoms with van der Waals surface area (Å²) >= 11 is 0. The summed E-state index contributed by atoms with van der Waals surface area (Å²) in [5.41, 5.74) is 2.31. The summed E-state index contributed by atoms with van der Waals surface area (Å²) in [4.78, 5) is 15.0. The quantitative estimate of drug-likeness (QED) is 0.766. The van der Waals surface area contributed by atoms with Crippen molar-refractivity contribution < 1.29 is 22.7 Å². The van der Waals surface area contributed by atoms with Crippen LogP contribution >= 0.6 is 0 Å². The molecule has 0 radical (unpaired) electrons. The summed E-state index contributed by atoms with van der Waals surface area (Å²) in [7, 11) is -3.10. The van der Waals surface area contributed by atoms with E-state index in [4.69, 9.17) is 9.47 Å². The fourth-order valence-electron chi connectivity index (χ4n) is 3.96. The highest BCUT2D eigenvalue weighted by Gasteiger charge is 2.31. The van der Waals surface area contributed by atoms with Crippen LogP contribution in [0.2, 0.25) is 0 Å². The number of hydrogen-bond donors (Lipinski definition) is 0. The first kappa shape index (κ1) is 19.8. The molecule has 0 aromatic heterocycles. The van der Waals surface area contributed by atoms with Gasteiger partial charge in [0, 0.05) is 24.8 Å². The van der Waals surface area contributed by atoms with E-state index >= 15 is 0 Å². The molecule has 2 heterocycles. The highest BCUT2D eigenvalue weighted by Crippen LogP contribution is 2.38. The molecule has 4 rings (SSSR count). The number of likely N-dealkylation sites (tertiary alicyclic amines) is 1. The van der Waals surface area contributed by atoms with E-state index in [0.717, 1.165) is 36.3 Å². The highest BCUT2D eigenvalue weighted by molar-refractivity contribution is 7.89. The molecule has 0 aliphatic carbocycles. The van der Waals surface area contributed by atoms with Crippen molar-refractivity contribution in [2.24, 2.45) is 0 Å². The molecule has 0 spiro atoms. The lowest BCUT2D eigenvalue weighted by Gasteiger charge is -2.26. The maximum absolute atomic E-state index is 13.1. The van der Waals surface area contributed by atoms with Gasteiger partial charge < -0.3 is 14.4 Å². The first-order valence-electron chi connectivity index (χ1n) is 9.88. The molecule has 2 aliphatic heterocycles. The fraction of sp³-hybridized carbons (Fsp3) is 0.409. The summed E-state index contributed by atoms with van der Waals surface area (Å²) < 4.78 is 34.4. The molecule has 29 heavy (non-hydrogen) atoms. The standard InChI is InChI=1S/C22H25NO5S/c1-29(25,26)15-16-5-7-17(8-6-16)22(24)23-11-2-4-19(23)18-9-10-20-21(14-18)28-13-3-12-27-20/h5-10,14,19H,2-4,11-13,15H2,1H3. The molecule has 0 bridgehead atoms. The zero-order chi connectivity index (χ0) is 20.4. The Morgan fingerprint density at radius 3 is 2.48 bits per heavy atom. The predicted molar refractivity (Wildman–Crippen MR) is 110 cm³/mol. The van der Waals surface area contributed by atoms with Crippen LogP contribution in [0, 0.1) is 0 Å². The van der Waals surface area contributed by atoms with E-state index in [1.54, 1.807) is 24.3 Å². The topological polar surface area (TPSA) is 72.9 Å². The fourth-order valence-corrected chi connectivity index (χ4v) is 4.75. The lowest BCUT2D eigenvalue weighted by Crippen LogP contribution is -2.30. The number of nitrogens with zero attached hydrogens (tertiary/aromatic N) is 1. The second-order valence-corrected chi connectivity index (χ2v) is 9.82. The van der Waals surface area contributed by atoms with Crippen molar-refractivity contribution >= 4 is 15.7 Å². The third-order valence-electron chi connectivity index (χ3n) is 5.30. The maximum Gasteiger partial charge on any atom is 0.254 e. The molecule has 2 aromatic rings. The minimum absolute atomic E-state index is 0.00431. The van der Waals surface area contributed by atoms with Gasteiger partial charge >= 0.3 is 0 Å². The van der Waals surface area contributed by atoms with Gasteiger partial charge in [0.05, 0.1) is 25.0 Å². The van der Waals surface area contributed by atoms with Crippen LogP contribution in [-0.4, -0.2) is 45.2 Å². The van der Waals surface area contributed by atoms with E-state index in [2.05, 4.69) is 0 Å². The number of ether oxygens (including phenoxy) is 2. The smallest absolute Gasteiger partial charge is 0.254 e. The van der Waals surface area contributed by atoms with Crippen molar-refractivity contribution in [1.82, 2.24) is 4.90 Å². The molecule has 6 nitrogen and oxygen atoms in total. The Morgan fingerprint density at radius 1 is 1.03 bits per heavy atom. The van der Waals surface area contributed by atoms with E-state index in [1.165, 1.54) is 6.26 Å². The van der Waals surface area contributed by atoms with Crippen molar-refractivity contribution in [2.45, 2.75) is 31.1 Å². The second-order valence-electron chi connectivity index (χ2n) is 7.68. The second kappa shape index (κ2) is 8.06. The van der Waals surface area contributed by atoms with E-state index in [0.29, 0.717) is 30.9 Å². The molecule has 1 atom stereocenters. The molecule has 7 heteroatoms. The monoisotopic (exact) mass is 415 g/mol. The van der Waals surface area contributed by atoms with Crippen LogP contribution in [0.3, 0.4) is 0 Å². The molecule has 1 amide bonds.